The smallest absolute Gasteiger partial charge is 0.114 e. The maximum Gasteiger partial charge on any atom is 0.114 e. The molecule has 0 aliphatic rings. The first kappa shape index (κ1) is 19.9. The third-order valence-corrected chi connectivity index (χ3v) is 5.18. The molecule has 1 atom stereocenters. The second-order valence-electron chi connectivity index (χ2n) is 7.07. The second-order valence-corrected chi connectivity index (χ2v) is 7.07. The van der Waals surface area contributed by atoms with E-state index in [2.05, 4.69) is 63.7 Å². The van der Waals surface area contributed by atoms with Crippen LogP contribution in [-0.2, 0) is 21.3 Å². The Bertz CT molecular complexity index is 824. The first-order valence-corrected chi connectivity index (χ1v) is 9.18. The summed E-state index contributed by atoms with van der Waals surface area (Å²) >= 11 is 0. The van der Waals surface area contributed by atoms with Crippen molar-refractivity contribution < 1.29 is 9.47 Å². The quantitative estimate of drug-likeness (QED) is 0.464. The van der Waals surface area contributed by atoms with E-state index in [0.717, 1.165) is 12.2 Å². The van der Waals surface area contributed by atoms with E-state index in [-0.39, 0.29) is 11.5 Å². The minimum atomic E-state index is -0.175. The number of aromatic nitrogens is 1. The van der Waals surface area contributed by atoms with E-state index < -0.39 is 0 Å². The van der Waals surface area contributed by atoms with Gasteiger partial charge in [-0.3, -0.25) is 0 Å². The van der Waals surface area contributed by atoms with Crippen molar-refractivity contribution in [3.63, 3.8) is 0 Å². The van der Waals surface area contributed by atoms with Gasteiger partial charge in [-0.05, 0) is 49.6 Å². The Morgan fingerprint density at radius 3 is 2.65 bits per heavy atom. The van der Waals surface area contributed by atoms with Gasteiger partial charge in [0.25, 0.3) is 0 Å². The topological polar surface area (TPSA) is 34.2 Å². The van der Waals surface area contributed by atoms with Crippen LogP contribution in [0.25, 0.3) is 10.9 Å². The summed E-state index contributed by atoms with van der Waals surface area (Å²) in [6.07, 6.45) is 8.69. The van der Waals surface area contributed by atoms with Crippen LogP contribution in [0.15, 0.2) is 60.7 Å². The molecular formula is C23H31NO2. The molecule has 0 amide bonds. The third kappa shape index (κ3) is 4.04. The molecule has 0 radical (unpaired) electrons. The predicted octanol–water partition coefficient (Wildman–Crippen LogP) is 6.03. The number of H-pyrrole nitrogens is 1. The van der Waals surface area contributed by atoms with E-state index in [1.54, 1.807) is 7.11 Å². The number of nitrogens with one attached hydrogen (secondary N) is 1. The molecule has 0 saturated heterocycles. The third-order valence-electron chi connectivity index (χ3n) is 5.18. The lowest BCUT2D eigenvalue weighted by molar-refractivity contribution is 0.0807. The molecule has 0 spiro atoms. The lowest BCUT2D eigenvalue weighted by Crippen LogP contribution is -2.33. The standard InChI is InChI=1S/C23H31NO2/c1-8-18-11-10-12-20-21(15-24-22(18)20)23(5,6)17(4)26-16(3)13-14-19(9-2)25-7/h9-15,17,24H,3,8H2,1-2,4-7H3/b14-13-,19-9+. The summed E-state index contributed by atoms with van der Waals surface area (Å²) in [5, 5.41) is 1.27. The van der Waals surface area contributed by atoms with Crippen LogP contribution in [0.1, 0.15) is 45.7 Å². The van der Waals surface area contributed by atoms with Crippen molar-refractivity contribution in [2.75, 3.05) is 7.11 Å². The molecule has 1 aromatic heterocycles. The summed E-state index contributed by atoms with van der Waals surface area (Å²) in [4.78, 5) is 3.46. The van der Waals surface area contributed by atoms with Crippen molar-refractivity contribution in [3.05, 3.63) is 71.8 Å². The van der Waals surface area contributed by atoms with Gasteiger partial charge in [-0.15, -0.1) is 0 Å². The first-order chi connectivity index (χ1) is 12.3. The van der Waals surface area contributed by atoms with Gasteiger partial charge >= 0.3 is 0 Å². The van der Waals surface area contributed by atoms with E-state index in [0.29, 0.717) is 5.76 Å². The molecule has 3 nitrogen and oxygen atoms in total. The van der Waals surface area contributed by atoms with Gasteiger partial charge in [0, 0.05) is 22.5 Å². The van der Waals surface area contributed by atoms with Gasteiger partial charge < -0.3 is 14.5 Å². The van der Waals surface area contributed by atoms with Gasteiger partial charge in [0.15, 0.2) is 0 Å². The highest BCUT2D eigenvalue weighted by molar-refractivity contribution is 5.87. The molecule has 2 aromatic rings. The fourth-order valence-electron chi connectivity index (χ4n) is 3.13. The van der Waals surface area contributed by atoms with Crippen LogP contribution >= 0.6 is 0 Å². The number of aryl methyl sites for hydroxylation is 1. The molecular weight excluding hydrogens is 322 g/mol. The van der Waals surface area contributed by atoms with Crippen LogP contribution in [0.3, 0.4) is 0 Å². The van der Waals surface area contributed by atoms with Crippen LogP contribution in [0.4, 0.5) is 0 Å². The Morgan fingerprint density at radius 1 is 1.31 bits per heavy atom. The summed E-state index contributed by atoms with van der Waals surface area (Å²) in [7, 11) is 1.65. The number of benzene rings is 1. The Morgan fingerprint density at radius 2 is 2.04 bits per heavy atom. The molecule has 1 unspecified atom stereocenters. The van der Waals surface area contributed by atoms with Gasteiger partial charge in [-0.2, -0.15) is 0 Å². The number of rotatable bonds is 8. The molecule has 0 aliphatic carbocycles. The number of hydrogen-bond acceptors (Lipinski definition) is 2. The SMILES string of the molecule is C=C(/C=C\C(=C/C)OC)OC(C)C(C)(C)c1c[nH]c2c(CC)cccc12. The number of fused-ring (bicyclic) bond motifs is 1. The van der Waals surface area contributed by atoms with Crippen LogP contribution in [0.5, 0.6) is 0 Å². The molecule has 0 bridgehead atoms. The van der Waals surface area contributed by atoms with Gasteiger partial charge in [0.2, 0.25) is 0 Å². The van der Waals surface area contributed by atoms with Crippen molar-refractivity contribution in [1.29, 1.82) is 0 Å². The highest BCUT2D eigenvalue weighted by Gasteiger charge is 2.32. The fourth-order valence-corrected chi connectivity index (χ4v) is 3.13. The lowest BCUT2D eigenvalue weighted by Gasteiger charge is -2.32. The molecule has 1 heterocycles. The van der Waals surface area contributed by atoms with E-state index >= 15 is 0 Å². The molecule has 0 saturated carbocycles. The van der Waals surface area contributed by atoms with Gasteiger partial charge in [0.1, 0.15) is 17.6 Å². The molecule has 26 heavy (non-hydrogen) atoms. The molecule has 1 aromatic carbocycles. The van der Waals surface area contributed by atoms with Crippen LogP contribution in [-0.4, -0.2) is 18.2 Å². The number of para-hydroxylation sites is 1. The molecule has 0 aliphatic heterocycles. The minimum absolute atomic E-state index is 0.0412. The maximum absolute atomic E-state index is 6.11. The van der Waals surface area contributed by atoms with Crippen molar-refractivity contribution >= 4 is 10.9 Å². The zero-order valence-electron chi connectivity index (χ0n) is 16.8. The van der Waals surface area contributed by atoms with Crippen LogP contribution in [0, 0.1) is 0 Å². The molecule has 3 heteroatoms. The second kappa shape index (κ2) is 8.31. The Labute approximate surface area is 157 Å². The van der Waals surface area contributed by atoms with Crippen molar-refractivity contribution in [2.45, 2.75) is 52.6 Å². The van der Waals surface area contributed by atoms with Gasteiger partial charge in [-0.1, -0.05) is 45.5 Å². The minimum Gasteiger partial charge on any atom is -0.497 e. The van der Waals surface area contributed by atoms with E-state index in [1.165, 1.54) is 22.0 Å². The zero-order chi connectivity index (χ0) is 19.3. The largest absolute Gasteiger partial charge is 0.497 e. The van der Waals surface area contributed by atoms with Crippen LogP contribution in [0.2, 0.25) is 0 Å². The summed E-state index contributed by atoms with van der Waals surface area (Å²) in [6.45, 7) is 14.6. The van der Waals surface area contributed by atoms with E-state index in [1.807, 2.05) is 25.2 Å². The highest BCUT2D eigenvalue weighted by Crippen LogP contribution is 2.36. The zero-order valence-corrected chi connectivity index (χ0v) is 16.8. The maximum atomic E-state index is 6.11. The first-order valence-electron chi connectivity index (χ1n) is 9.18. The van der Waals surface area contributed by atoms with E-state index in [9.17, 15) is 0 Å². The summed E-state index contributed by atoms with van der Waals surface area (Å²) in [6, 6.07) is 6.49. The number of aromatic amines is 1. The Kier molecular flexibility index (Phi) is 6.36. The molecule has 1 N–H and O–H groups in total. The molecule has 0 fully saturated rings. The average Bonchev–Trinajstić information content (AvgIpc) is 3.07. The number of allylic oxidation sites excluding steroid dienone is 3. The van der Waals surface area contributed by atoms with Crippen molar-refractivity contribution in [2.24, 2.45) is 0 Å². The van der Waals surface area contributed by atoms with Crippen LogP contribution < -0.4 is 0 Å². The lowest BCUT2D eigenvalue weighted by atomic mass is 9.79. The molecule has 140 valence electrons. The summed E-state index contributed by atoms with van der Waals surface area (Å²) in [5.41, 5.74) is 3.65. The Hall–Kier alpha value is -2.42. The Balaban J connectivity index is 2.23. The molecule has 2 rings (SSSR count). The highest BCUT2D eigenvalue weighted by atomic mass is 16.5. The number of methoxy groups -OCH3 is 1. The monoisotopic (exact) mass is 353 g/mol. The number of ether oxygens (including phenoxy) is 2. The average molecular weight is 354 g/mol. The van der Waals surface area contributed by atoms with Gasteiger partial charge in [0.05, 0.1) is 7.11 Å². The summed E-state index contributed by atoms with van der Waals surface area (Å²) < 4.78 is 11.3. The number of hydrogen-bond donors (Lipinski definition) is 1. The fraction of sp³-hybridized carbons (Fsp3) is 0.391. The van der Waals surface area contributed by atoms with Crippen molar-refractivity contribution in [3.8, 4) is 0 Å². The predicted molar refractivity (Wildman–Crippen MR) is 110 cm³/mol. The van der Waals surface area contributed by atoms with Gasteiger partial charge in [-0.25, -0.2) is 0 Å². The van der Waals surface area contributed by atoms with Crippen molar-refractivity contribution in [1.82, 2.24) is 4.98 Å². The normalized spacial score (nSPS) is 14.0. The van der Waals surface area contributed by atoms with E-state index in [4.69, 9.17) is 9.47 Å². The summed E-state index contributed by atoms with van der Waals surface area (Å²) in [5.74, 6) is 1.40.